The number of aliphatic hydroxyl groups excluding tert-OH is 1. The molecule has 2 rings (SSSR count). The number of piperidine rings is 1. The minimum absolute atomic E-state index is 0.165. The molecule has 0 bridgehead atoms. The van der Waals surface area contributed by atoms with E-state index in [0.29, 0.717) is 6.04 Å². The van der Waals surface area contributed by atoms with Crippen molar-refractivity contribution in [2.75, 3.05) is 24.5 Å². The second kappa shape index (κ2) is 7.51. The van der Waals surface area contributed by atoms with E-state index in [2.05, 4.69) is 40.5 Å². The zero-order chi connectivity index (χ0) is 13.5. The van der Waals surface area contributed by atoms with Crippen LogP contribution in [0.5, 0.6) is 0 Å². The van der Waals surface area contributed by atoms with Gasteiger partial charge in [0, 0.05) is 24.8 Å². The highest BCUT2D eigenvalue weighted by atomic mass is 16.3. The molecule has 0 aromatic heterocycles. The number of aliphatic hydroxyl groups is 1. The van der Waals surface area contributed by atoms with Crippen LogP contribution in [0.2, 0.25) is 0 Å². The molecule has 0 saturated carbocycles. The highest BCUT2D eigenvalue weighted by molar-refractivity contribution is 5.46. The monoisotopic (exact) mass is 262 g/mol. The number of benzene rings is 1. The van der Waals surface area contributed by atoms with Crippen LogP contribution in [0.4, 0.5) is 5.69 Å². The van der Waals surface area contributed by atoms with Gasteiger partial charge in [0.1, 0.15) is 0 Å². The summed E-state index contributed by atoms with van der Waals surface area (Å²) in [7, 11) is 0. The Morgan fingerprint density at radius 2 is 1.95 bits per heavy atom. The van der Waals surface area contributed by atoms with Crippen LogP contribution in [0.1, 0.15) is 32.6 Å². The maximum Gasteiger partial charge on any atom is 0.0512 e. The first-order valence-corrected chi connectivity index (χ1v) is 7.47. The van der Waals surface area contributed by atoms with Gasteiger partial charge < -0.3 is 15.3 Å². The van der Waals surface area contributed by atoms with Crippen LogP contribution in [0.15, 0.2) is 30.3 Å². The van der Waals surface area contributed by atoms with Crippen molar-refractivity contribution in [3.8, 4) is 0 Å². The molecule has 0 amide bonds. The van der Waals surface area contributed by atoms with Gasteiger partial charge in [0.15, 0.2) is 0 Å². The van der Waals surface area contributed by atoms with Crippen LogP contribution in [-0.4, -0.2) is 36.9 Å². The Balaban J connectivity index is 1.65. The van der Waals surface area contributed by atoms with Gasteiger partial charge in [0.2, 0.25) is 0 Å². The summed E-state index contributed by atoms with van der Waals surface area (Å²) >= 11 is 0. The fourth-order valence-electron chi connectivity index (χ4n) is 2.68. The van der Waals surface area contributed by atoms with Crippen molar-refractivity contribution >= 4 is 5.69 Å². The summed E-state index contributed by atoms with van der Waals surface area (Å²) in [5.74, 6) is 0. The lowest BCUT2D eigenvalue weighted by molar-refractivity contribution is 0.180. The number of hydrogen-bond acceptors (Lipinski definition) is 3. The first-order chi connectivity index (χ1) is 9.25. The van der Waals surface area contributed by atoms with Gasteiger partial charge in [-0.1, -0.05) is 18.2 Å². The van der Waals surface area contributed by atoms with E-state index in [1.807, 2.05) is 6.92 Å². The number of nitrogens with zero attached hydrogens (tertiary/aromatic N) is 1. The first-order valence-electron chi connectivity index (χ1n) is 7.47. The summed E-state index contributed by atoms with van der Waals surface area (Å²) in [6.07, 6.45) is 4.22. The largest absolute Gasteiger partial charge is 0.393 e. The topological polar surface area (TPSA) is 35.5 Å². The predicted molar refractivity (Wildman–Crippen MR) is 80.6 cm³/mol. The summed E-state index contributed by atoms with van der Waals surface area (Å²) in [4.78, 5) is 2.47. The molecule has 3 nitrogen and oxygen atoms in total. The van der Waals surface area contributed by atoms with Crippen LogP contribution in [0.25, 0.3) is 0 Å². The van der Waals surface area contributed by atoms with Crippen molar-refractivity contribution in [2.45, 2.75) is 44.8 Å². The maximum absolute atomic E-state index is 9.22. The molecule has 1 atom stereocenters. The van der Waals surface area contributed by atoms with Crippen molar-refractivity contribution in [1.29, 1.82) is 0 Å². The minimum atomic E-state index is -0.165. The van der Waals surface area contributed by atoms with Crippen molar-refractivity contribution in [2.24, 2.45) is 0 Å². The number of hydrogen-bond donors (Lipinski definition) is 2. The molecule has 1 heterocycles. The summed E-state index contributed by atoms with van der Waals surface area (Å²) in [5.41, 5.74) is 1.34. The summed E-state index contributed by atoms with van der Waals surface area (Å²) < 4.78 is 0. The molecule has 106 valence electrons. The normalized spacial score (nSPS) is 18.5. The number of nitrogens with one attached hydrogen (secondary N) is 1. The molecule has 3 heteroatoms. The molecule has 1 aromatic carbocycles. The first kappa shape index (κ1) is 14.4. The molecule has 1 fully saturated rings. The SMILES string of the molecule is CC(O)CCCNC1CCN(c2ccccc2)CC1. The molecule has 19 heavy (non-hydrogen) atoms. The minimum Gasteiger partial charge on any atom is -0.393 e. The quantitative estimate of drug-likeness (QED) is 0.773. The van der Waals surface area contributed by atoms with Crippen molar-refractivity contribution in [3.05, 3.63) is 30.3 Å². The number of rotatable bonds is 6. The van der Waals surface area contributed by atoms with Crippen LogP contribution in [-0.2, 0) is 0 Å². The van der Waals surface area contributed by atoms with Gasteiger partial charge in [0.25, 0.3) is 0 Å². The summed E-state index contributed by atoms with van der Waals surface area (Å²) in [6.45, 7) is 5.16. The van der Waals surface area contributed by atoms with Gasteiger partial charge in [-0.25, -0.2) is 0 Å². The fourth-order valence-corrected chi connectivity index (χ4v) is 2.68. The third-order valence-corrected chi connectivity index (χ3v) is 3.85. The molecule has 0 aliphatic carbocycles. The zero-order valence-corrected chi connectivity index (χ0v) is 11.9. The Bertz CT molecular complexity index is 345. The van der Waals surface area contributed by atoms with Crippen LogP contribution >= 0.6 is 0 Å². The van der Waals surface area contributed by atoms with Gasteiger partial charge in [-0.15, -0.1) is 0 Å². The molecule has 1 aromatic rings. The molecule has 1 saturated heterocycles. The molecular formula is C16H26N2O. The molecule has 0 radical (unpaired) electrons. The van der Waals surface area contributed by atoms with Gasteiger partial charge in [0.05, 0.1) is 6.10 Å². The standard InChI is InChI=1S/C16H26N2O/c1-14(19)6-5-11-17-15-9-12-18(13-10-15)16-7-3-2-4-8-16/h2-4,7-8,14-15,17,19H,5-6,9-13H2,1H3. The van der Waals surface area contributed by atoms with Crippen LogP contribution in [0, 0.1) is 0 Å². The second-order valence-corrected chi connectivity index (χ2v) is 5.54. The average molecular weight is 262 g/mol. The molecule has 2 N–H and O–H groups in total. The summed E-state index contributed by atoms with van der Waals surface area (Å²) in [6, 6.07) is 11.3. The van der Waals surface area contributed by atoms with E-state index in [9.17, 15) is 5.11 Å². The van der Waals surface area contributed by atoms with Crippen LogP contribution < -0.4 is 10.2 Å². The lowest BCUT2D eigenvalue weighted by Crippen LogP contribution is -2.42. The van der Waals surface area contributed by atoms with Crippen molar-refractivity contribution in [1.82, 2.24) is 5.32 Å². The Morgan fingerprint density at radius 3 is 2.58 bits per heavy atom. The number of para-hydroxylation sites is 1. The van der Waals surface area contributed by atoms with Crippen LogP contribution in [0.3, 0.4) is 0 Å². The third kappa shape index (κ3) is 4.84. The van der Waals surface area contributed by atoms with E-state index in [4.69, 9.17) is 0 Å². The molecule has 1 aliphatic heterocycles. The third-order valence-electron chi connectivity index (χ3n) is 3.85. The van der Waals surface area contributed by atoms with E-state index in [-0.39, 0.29) is 6.10 Å². The predicted octanol–water partition coefficient (Wildman–Crippen LogP) is 2.41. The lowest BCUT2D eigenvalue weighted by atomic mass is 10.0. The Hall–Kier alpha value is -1.06. The van der Waals surface area contributed by atoms with Crippen molar-refractivity contribution in [3.63, 3.8) is 0 Å². The smallest absolute Gasteiger partial charge is 0.0512 e. The second-order valence-electron chi connectivity index (χ2n) is 5.54. The molecule has 1 unspecified atom stereocenters. The van der Waals surface area contributed by atoms with Gasteiger partial charge >= 0.3 is 0 Å². The maximum atomic E-state index is 9.22. The highest BCUT2D eigenvalue weighted by Crippen LogP contribution is 2.19. The van der Waals surface area contributed by atoms with Gasteiger partial charge in [-0.3, -0.25) is 0 Å². The van der Waals surface area contributed by atoms with E-state index < -0.39 is 0 Å². The zero-order valence-electron chi connectivity index (χ0n) is 11.9. The lowest BCUT2D eigenvalue weighted by Gasteiger charge is -2.34. The van der Waals surface area contributed by atoms with E-state index in [1.54, 1.807) is 0 Å². The molecular weight excluding hydrogens is 236 g/mol. The Morgan fingerprint density at radius 1 is 1.26 bits per heavy atom. The Kier molecular flexibility index (Phi) is 5.67. The fraction of sp³-hybridized carbons (Fsp3) is 0.625. The van der Waals surface area contributed by atoms with Gasteiger partial charge in [-0.05, 0) is 51.3 Å². The van der Waals surface area contributed by atoms with Gasteiger partial charge in [-0.2, -0.15) is 0 Å². The van der Waals surface area contributed by atoms with E-state index in [0.717, 1.165) is 32.5 Å². The van der Waals surface area contributed by atoms with E-state index >= 15 is 0 Å². The van der Waals surface area contributed by atoms with Crippen molar-refractivity contribution < 1.29 is 5.11 Å². The number of anilines is 1. The molecule has 1 aliphatic rings. The Labute approximate surface area is 116 Å². The summed E-state index contributed by atoms with van der Waals surface area (Å²) in [5, 5.41) is 12.8. The van der Waals surface area contributed by atoms with E-state index in [1.165, 1.54) is 18.5 Å². The molecule has 0 spiro atoms. The highest BCUT2D eigenvalue weighted by Gasteiger charge is 2.18. The average Bonchev–Trinajstić information content (AvgIpc) is 2.45.